The van der Waals surface area contributed by atoms with Crippen LogP contribution in [-0.4, -0.2) is 38.6 Å². The third kappa shape index (κ3) is 6.82. The largest absolute Gasteiger partial charge is 0.480 e. The zero-order valence-electron chi connectivity index (χ0n) is 7.97. The lowest BCUT2D eigenvalue weighted by molar-refractivity contribution is -0.142. The van der Waals surface area contributed by atoms with Crippen LogP contribution in [0.3, 0.4) is 0 Å². The molecule has 0 radical (unpaired) electrons. The van der Waals surface area contributed by atoms with Gasteiger partial charge in [-0.3, -0.25) is 9.59 Å². The molecule has 0 aliphatic heterocycles. The van der Waals surface area contributed by atoms with Gasteiger partial charge in [0.15, 0.2) is 0 Å². The minimum Gasteiger partial charge on any atom is -0.480 e. The van der Waals surface area contributed by atoms with Gasteiger partial charge in [0.1, 0.15) is 6.04 Å². The van der Waals surface area contributed by atoms with E-state index in [4.69, 9.17) is 5.11 Å². The van der Waals surface area contributed by atoms with Gasteiger partial charge in [-0.2, -0.15) is 13.1 Å². The molecule has 0 aliphatic carbocycles. The smallest absolute Gasteiger partial charge is 0.321 e. The molecule has 8 nitrogen and oxygen atoms in total. The number of aliphatic carboxylic acids is 1. The predicted octanol–water partition coefficient (Wildman–Crippen LogP) is -1.81. The molecule has 0 heterocycles. The number of carbonyl (C=O) groups is 2. The number of carbonyl (C=O) groups excluding carboxylic acids is 1. The Bertz CT molecular complexity index is 338. The predicted molar refractivity (Wildman–Crippen MR) is 48.9 cm³/mol. The molecule has 0 bridgehead atoms. The number of hydrogen-bond acceptors (Lipinski definition) is 5. The lowest BCUT2D eigenvalue weighted by atomic mass is 10.2. The number of hydrogen-bond donors (Lipinski definition) is 3. The van der Waals surface area contributed by atoms with Crippen LogP contribution in [0, 0.1) is 0 Å². The number of rotatable bonds is 6. The maximum Gasteiger partial charge on any atom is 0.321 e. The van der Waals surface area contributed by atoms with E-state index < -0.39 is 28.2 Å². The zero-order valence-corrected chi connectivity index (χ0v) is 8.78. The topological polar surface area (TPSA) is 136 Å². The fourth-order valence-corrected chi connectivity index (χ4v) is 1.41. The first-order valence-electron chi connectivity index (χ1n) is 3.86. The molecule has 0 fully saturated rings. The van der Waals surface area contributed by atoms with Crippen LogP contribution in [0.2, 0.25) is 0 Å². The maximum atomic E-state index is 10.7. The zero-order chi connectivity index (χ0) is 12.1. The van der Waals surface area contributed by atoms with Crippen molar-refractivity contribution in [1.29, 1.82) is 0 Å². The van der Waals surface area contributed by atoms with Crippen LogP contribution in [0.25, 0.3) is 0 Å². The number of nitrogens with one attached hydrogen (secondary N) is 1. The molecule has 0 aliphatic rings. The van der Waals surface area contributed by atoms with E-state index in [2.05, 4.69) is 9.88 Å². The van der Waals surface area contributed by atoms with Crippen LogP contribution < -0.4 is 9.86 Å². The first kappa shape index (κ1) is 13.8. The van der Waals surface area contributed by atoms with Gasteiger partial charge >= 0.3 is 11.9 Å². The van der Waals surface area contributed by atoms with Crippen molar-refractivity contribution < 1.29 is 27.9 Å². The van der Waals surface area contributed by atoms with Crippen molar-refractivity contribution in [3.63, 3.8) is 0 Å². The molecule has 0 aromatic rings. The van der Waals surface area contributed by atoms with Crippen LogP contribution >= 0.6 is 0 Å². The number of nitrogens with two attached hydrogens (primary N) is 1. The van der Waals surface area contributed by atoms with E-state index >= 15 is 0 Å². The molecule has 0 unspecified atom stereocenters. The molecular formula is C6H12N2O6S. The average molecular weight is 240 g/mol. The van der Waals surface area contributed by atoms with Crippen LogP contribution in [-0.2, 0) is 24.5 Å². The SMILES string of the molecule is COC(=O)CC[C@@H](NS(N)(=O)=O)C(=O)O. The first-order valence-corrected chi connectivity index (χ1v) is 5.40. The summed E-state index contributed by atoms with van der Waals surface area (Å²) in [6.07, 6.45) is -0.436. The standard InChI is InChI=1S/C6H12N2O6S/c1-14-5(9)3-2-4(6(10)11)8-15(7,12)13/h4,8H,2-3H2,1H3,(H,10,11)(H2,7,12,13)/t4-/m1/s1. The highest BCUT2D eigenvalue weighted by molar-refractivity contribution is 7.87. The van der Waals surface area contributed by atoms with Crippen LogP contribution in [0.5, 0.6) is 0 Å². The van der Waals surface area contributed by atoms with Crippen molar-refractivity contribution in [3.05, 3.63) is 0 Å². The van der Waals surface area contributed by atoms with Gasteiger partial charge in [-0.15, -0.1) is 0 Å². The van der Waals surface area contributed by atoms with Gasteiger partial charge < -0.3 is 9.84 Å². The number of carboxylic acid groups (broad SMARTS) is 1. The van der Waals surface area contributed by atoms with E-state index in [9.17, 15) is 18.0 Å². The fourth-order valence-electron chi connectivity index (χ4n) is 0.795. The molecule has 0 spiro atoms. The molecule has 0 aromatic carbocycles. The summed E-state index contributed by atoms with van der Waals surface area (Å²) in [5.74, 6) is -2.04. The Morgan fingerprint density at radius 1 is 1.53 bits per heavy atom. The highest BCUT2D eigenvalue weighted by atomic mass is 32.2. The molecule has 0 rings (SSSR count). The van der Waals surface area contributed by atoms with Gasteiger partial charge in [-0.05, 0) is 6.42 Å². The number of methoxy groups -OCH3 is 1. The number of esters is 1. The van der Waals surface area contributed by atoms with Gasteiger partial charge in [-0.1, -0.05) is 0 Å². The van der Waals surface area contributed by atoms with Crippen molar-refractivity contribution in [3.8, 4) is 0 Å². The quantitative estimate of drug-likeness (QED) is 0.468. The Labute approximate surface area is 86.6 Å². The van der Waals surface area contributed by atoms with Gasteiger partial charge in [0, 0.05) is 6.42 Å². The summed E-state index contributed by atoms with van der Waals surface area (Å²) in [5, 5.41) is 13.2. The second-order valence-corrected chi connectivity index (χ2v) is 3.99. The molecule has 0 amide bonds. The summed E-state index contributed by atoms with van der Waals surface area (Å²) < 4.78 is 27.0. The molecule has 0 aromatic heterocycles. The summed E-state index contributed by atoms with van der Waals surface area (Å²) in [5.41, 5.74) is 0. The second kappa shape index (κ2) is 5.63. The van der Waals surface area contributed by atoms with E-state index in [1.165, 1.54) is 0 Å². The molecular weight excluding hydrogens is 228 g/mol. The monoisotopic (exact) mass is 240 g/mol. The normalized spacial score (nSPS) is 13.2. The summed E-state index contributed by atoms with van der Waals surface area (Å²) in [6.45, 7) is 0. The summed E-state index contributed by atoms with van der Waals surface area (Å²) in [6, 6.07) is -1.43. The lowest BCUT2D eigenvalue weighted by Crippen LogP contribution is -2.44. The third-order valence-corrected chi connectivity index (χ3v) is 2.08. The Kier molecular flexibility index (Phi) is 5.19. The van der Waals surface area contributed by atoms with Gasteiger partial charge in [0.2, 0.25) is 0 Å². The Hall–Kier alpha value is -1.19. The minimum absolute atomic E-state index is 0.212. The Morgan fingerprint density at radius 2 is 2.07 bits per heavy atom. The van der Waals surface area contributed by atoms with Crippen LogP contribution in [0.15, 0.2) is 0 Å². The molecule has 4 N–H and O–H groups in total. The van der Waals surface area contributed by atoms with E-state index in [-0.39, 0.29) is 12.8 Å². The summed E-state index contributed by atoms with van der Waals surface area (Å²) in [7, 11) is -2.96. The van der Waals surface area contributed by atoms with E-state index in [0.29, 0.717) is 0 Å². The second-order valence-electron chi connectivity index (χ2n) is 2.67. The molecule has 0 saturated heterocycles. The highest BCUT2D eigenvalue weighted by Crippen LogP contribution is 2.00. The lowest BCUT2D eigenvalue weighted by Gasteiger charge is -2.11. The minimum atomic E-state index is -4.11. The summed E-state index contributed by atoms with van der Waals surface area (Å²) in [4.78, 5) is 21.2. The van der Waals surface area contributed by atoms with E-state index in [1.807, 2.05) is 0 Å². The van der Waals surface area contributed by atoms with Crippen LogP contribution in [0.4, 0.5) is 0 Å². The van der Waals surface area contributed by atoms with Crippen LogP contribution in [0.1, 0.15) is 12.8 Å². The van der Waals surface area contributed by atoms with Crippen molar-refractivity contribution in [2.75, 3.05) is 7.11 Å². The van der Waals surface area contributed by atoms with Gasteiger partial charge in [0.25, 0.3) is 10.2 Å². The third-order valence-electron chi connectivity index (χ3n) is 1.47. The summed E-state index contributed by atoms with van der Waals surface area (Å²) >= 11 is 0. The Balaban J connectivity index is 4.31. The first-order chi connectivity index (χ1) is 6.76. The number of carboxylic acids is 1. The van der Waals surface area contributed by atoms with Gasteiger partial charge in [-0.25, -0.2) is 5.14 Å². The Morgan fingerprint density at radius 3 is 2.40 bits per heavy atom. The molecule has 15 heavy (non-hydrogen) atoms. The van der Waals surface area contributed by atoms with Crippen molar-refractivity contribution >= 4 is 22.1 Å². The van der Waals surface area contributed by atoms with E-state index in [0.717, 1.165) is 7.11 Å². The van der Waals surface area contributed by atoms with Crippen molar-refractivity contribution in [2.24, 2.45) is 5.14 Å². The highest BCUT2D eigenvalue weighted by Gasteiger charge is 2.22. The van der Waals surface area contributed by atoms with Crippen molar-refractivity contribution in [1.82, 2.24) is 4.72 Å². The molecule has 9 heteroatoms. The van der Waals surface area contributed by atoms with E-state index in [1.54, 1.807) is 4.72 Å². The fraction of sp³-hybridized carbons (Fsp3) is 0.667. The molecule has 1 atom stereocenters. The van der Waals surface area contributed by atoms with Crippen molar-refractivity contribution in [2.45, 2.75) is 18.9 Å². The van der Waals surface area contributed by atoms with Gasteiger partial charge in [0.05, 0.1) is 7.11 Å². The molecule has 88 valence electrons. The number of ether oxygens (including phenoxy) is 1. The molecule has 0 saturated carbocycles. The average Bonchev–Trinajstić information content (AvgIpc) is 2.09. The maximum absolute atomic E-state index is 10.7.